The van der Waals surface area contributed by atoms with Crippen molar-refractivity contribution in [3.8, 4) is 0 Å². The van der Waals surface area contributed by atoms with Gasteiger partial charge >= 0.3 is 0 Å². The molecule has 100 valence electrons. The van der Waals surface area contributed by atoms with Crippen molar-refractivity contribution < 1.29 is 13.2 Å². The first-order valence-electron chi connectivity index (χ1n) is 5.27. The number of amides is 1. The van der Waals surface area contributed by atoms with Gasteiger partial charge in [-0.05, 0) is 20.0 Å². The van der Waals surface area contributed by atoms with Gasteiger partial charge in [-0.15, -0.1) is 0 Å². The Hall–Kier alpha value is -1.67. The first kappa shape index (κ1) is 14.4. The van der Waals surface area contributed by atoms with Gasteiger partial charge in [0.1, 0.15) is 0 Å². The summed E-state index contributed by atoms with van der Waals surface area (Å²) in [5.41, 5.74) is 6.80. The molecule has 0 atom stereocenters. The van der Waals surface area contributed by atoms with Crippen LogP contribution in [0.4, 0.5) is 5.69 Å². The minimum absolute atomic E-state index is 0.0241. The molecule has 18 heavy (non-hydrogen) atoms. The second-order valence-corrected chi connectivity index (χ2v) is 5.73. The van der Waals surface area contributed by atoms with Gasteiger partial charge in [0, 0.05) is 6.54 Å². The summed E-state index contributed by atoms with van der Waals surface area (Å²) in [5, 5.41) is 2.50. The lowest BCUT2D eigenvalue weighted by Crippen LogP contribution is -2.33. The highest BCUT2D eigenvalue weighted by molar-refractivity contribution is 7.89. The summed E-state index contributed by atoms with van der Waals surface area (Å²) in [7, 11) is -2.00. The molecular weight excluding hydrogens is 256 g/mol. The molecule has 1 amide bonds. The molecule has 0 aromatic carbocycles. The quantitative estimate of drug-likeness (QED) is 0.652. The minimum atomic E-state index is -3.32. The average molecular weight is 272 g/mol. The number of rotatable bonds is 5. The topological polar surface area (TPSA) is 114 Å². The SMILES string of the molecule is CNS(=O)(=O)CCNC(=O)c1cc(N)cnc1C. The fourth-order valence-corrected chi connectivity index (χ4v) is 1.85. The van der Waals surface area contributed by atoms with Gasteiger partial charge < -0.3 is 11.1 Å². The number of anilines is 1. The summed E-state index contributed by atoms with van der Waals surface area (Å²) in [6.45, 7) is 1.70. The van der Waals surface area contributed by atoms with Crippen LogP contribution in [0.5, 0.6) is 0 Å². The van der Waals surface area contributed by atoms with E-state index in [0.29, 0.717) is 16.9 Å². The number of pyridine rings is 1. The number of nitrogen functional groups attached to an aromatic ring is 1. The van der Waals surface area contributed by atoms with Crippen molar-refractivity contribution in [2.45, 2.75) is 6.92 Å². The van der Waals surface area contributed by atoms with Gasteiger partial charge in [0.05, 0.1) is 28.9 Å². The summed E-state index contributed by atoms with van der Waals surface area (Å²) >= 11 is 0. The van der Waals surface area contributed by atoms with Crippen LogP contribution in [-0.4, -0.2) is 38.7 Å². The second kappa shape index (κ2) is 5.78. The number of nitrogens with one attached hydrogen (secondary N) is 2. The van der Waals surface area contributed by atoms with Gasteiger partial charge in [0.2, 0.25) is 10.0 Å². The van der Waals surface area contributed by atoms with Crippen LogP contribution in [0, 0.1) is 6.92 Å². The van der Waals surface area contributed by atoms with E-state index in [0.717, 1.165) is 0 Å². The fraction of sp³-hybridized carbons (Fsp3) is 0.400. The predicted octanol–water partition coefficient (Wildman–Crippen LogP) is -0.749. The first-order valence-corrected chi connectivity index (χ1v) is 6.92. The zero-order valence-corrected chi connectivity index (χ0v) is 11.0. The van der Waals surface area contributed by atoms with E-state index in [9.17, 15) is 13.2 Å². The molecule has 0 fully saturated rings. The number of nitrogens with two attached hydrogens (primary N) is 1. The highest BCUT2D eigenvalue weighted by Crippen LogP contribution is 2.08. The Morgan fingerprint density at radius 2 is 2.17 bits per heavy atom. The van der Waals surface area contributed by atoms with E-state index in [1.54, 1.807) is 6.92 Å². The third-order valence-electron chi connectivity index (χ3n) is 2.32. The Kier molecular flexibility index (Phi) is 4.62. The van der Waals surface area contributed by atoms with E-state index in [1.165, 1.54) is 19.3 Å². The normalized spacial score (nSPS) is 11.2. The Bertz CT molecular complexity index is 542. The van der Waals surface area contributed by atoms with Crippen molar-refractivity contribution in [2.75, 3.05) is 25.1 Å². The maximum atomic E-state index is 11.8. The van der Waals surface area contributed by atoms with Crippen LogP contribution >= 0.6 is 0 Å². The lowest BCUT2D eigenvalue weighted by atomic mass is 10.2. The van der Waals surface area contributed by atoms with E-state index in [-0.39, 0.29) is 12.3 Å². The summed E-state index contributed by atoms with van der Waals surface area (Å²) in [5.74, 6) is -0.567. The second-order valence-electron chi connectivity index (χ2n) is 3.68. The number of aryl methyl sites for hydroxylation is 1. The molecule has 0 bridgehead atoms. The number of aromatic nitrogens is 1. The van der Waals surface area contributed by atoms with Gasteiger partial charge in [-0.2, -0.15) is 0 Å². The Labute approximate surface area is 106 Å². The number of sulfonamides is 1. The lowest BCUT2D eigenvalue weighted by molar-refractivity contribution is 0.0955. The molecular formula is C10H16N4O3S. The van der Waals surface area contributed by atoms with Crippen LogP contribution in [-0.2, 0) is 10.0 Å². The van der Waals surface area contributed by atoms with E-state index < -0.39 is 15.9 Å². The molecule has 1 aromatic rings. The van der Waals surface area contributed by atoms with Crippen LogP contribution in [0.1, 0.15) is 16.1 Å². The van der Waals surface area contributed by atoms with E-state index in [4.69, 9.17) is 5.73 Å². The molecule has 0 aliphatic carbocycles. The maximum Gasteiger partial charge on any atom is 0.253 e. The molecule has 1 aromatic heterocycles. The fourth-order valence-electron chi connectivity index (χ4n) is 1.28. The van der Waals surface area contributed by atoms with Crippen molar-refractivity contribution >= 4 is 21.6 Å². The standard InChI is InChI=1S/C10H16N4O3S/c1-7-9(5-8(11)6-14-7)10(15)13-3-4-18(16,17)12-2/h5-6,12H,3-4,11H2,1-2H3,(H,13,15). The average Bonchev–Trinajstić information content (AvgIpc) is 2.32. The van der Waals surface area contributed by atoms with Gasteiger partial charge in [-0.3, -0.25) is 9.78 Å². The lowest BCUT2D eigenvalue weighted by Gasteiger charge is -2.08. The minimum Gasteiger partial charge on any atom is -0.397 e. The number of hydrogen-bond donors (Lipinski definition) is 3. The van der Waals surface area contributed by atoms with Crippen LogP contribution < -0.4 is 15.8 Å². The molecule has 0 aliphatic heterocycles. The monoisotopic (exact) mass is 272 g/mol. The molecule has 0 aliphatic rings. The number of nitrogens with zero attached hydrogens (tertiary/aromatic N) is 1. The highest BCUT2D eigenvalue weighted by Gasteiger charge is 2.12. The molecule has 8 heteroatoms. The van der Waals surface area contributed by atoms with Gasteiger partial charge in [-0.25, -0.2) is 13.1 Å². The molecule has 1 heterocycles. The zero-order chi connectivity index (χ0) is 13.8. The number of carbonyl (C=O) groups excluding carboxylic acids is 1. The van der Waals surface area contributed by atoms with Crippen LogP contribution in [0.3, 0.4) is 0 Å². The molecule has 0 unspecified atom stereocenters. The number of hydrogen-bond acceptors (Lipinski definition) is 5. The molecule has 4 N–H and O–H groups in total. The van der Waals surface area contributed by atoms with Gasteiger partial charge in [0.25, 0.3) is 5.91 Å². The molecule has 0 saturated carbocycles. The molecule has 7 nitrogen and oxygen atoms in total. The van der Waals surface area contributed by atoms with Crippen LogP contribution in [0.15, 0.2) is 12.3 Å². The van der Waals surface area contributed by atoms with Crippen molar-refractivity contribution in [1.82, 2.24) is 15.0 Å². The van der Waals surface area contributed by atoms with Crippen molar-refractivity contribution in [3.05, 3.63) is 23.5 Å². The molecule has 0 radical (unpaired) electrons. The largest absolute Gasteiger partial charge is 0.397 e. The molecule has 0 spiro atoms. The van der Waals surface area contributed by atoms with Gasteiger partial charge in [0.15, 0.2) is 0 Å². The Morgan fingerprint density at radius 3 is 2.78 bits per heavy atom. The summed E-state index contributed by atoms with van der Waals surface area (Å²) in [6, 6.07) is 1.50. The smallest absolute Gasteiger partial charge is 0.253 e. The van der Waals surface area contributed by atoms with E-state index in [2.05, 4.69) is 15.0 Å². The first-order chi connectivity index (χ1) is 8.35. The Balaban J connectivity index is 2.64. The third-order valence-corrected chi connectivity index (χ3v) is 3.68. The van der Waals surface area contributed by atoms with Crippen LogP contribution in [0.2, 0.25) is 0 Å². The number of carbonyl (C=O) groups is 1. The zero-order valence-electron chi connectivity index (χ0n) is 10.2. The summed E-state index contributed by atoms with van der Waals surface area (Å²) < 4.78 is 24.5. The predicted molar refractivity (Wildman–Crippen MR) is 68.6 cm³/mol. The molecule has 1 rings (SSSR count). The Morgan fingerprint density at radius 1 is 1.50 bits per heavy atom. The third kappa shape index (κ3) is 3.97. The highest BCUT2D eigenvalue weighted by atomic mass is 32.2. The van der Waals surface area contributed by atoms with Gasteiger partial charge in [-0.1, -0.05) is 0 Å². The van der Waals surface area contributed by atoms with E-state index in [1.807, 2.05) is 0 Å². The summed E-state index contributed by atoms with van der Waals surface area (Å²) in [6.07, 6.45) is 1.46. The van der Waals surface area contributed by atoms with Crippen molar-refractivity contribution in [1.29, 1.82) is 0 Å². The summed E-state index contributed by atoms with van der Waals surface area (Å²) in [4.78, 5) is 15.7. The molecule has 0 saturated heterocycles. The maximum absolute atomic E-state index is 11.8. The van der Waals surface area contributed by atoms with E-state index >= 15 is 0 Å². The van der Waals surface area contributed by atoms with Crippen LogP contribution in [0.25, 0.3) is 0 Å². The van der Waals surface area contributed by atoms with Crippen molar-refractivity contribution in [3.63, 3.8) is 0 Å². The van der Waals surface area contributed by atoms with Crippen molar-refractivity contribution in [2.24, 2.45) is 0 Å².